The molecule has 1 aliphatic rings. The Labute approximate surface area is 134 Å². The predicted octanol–water partition coefficient (Wildman–Crippen LogP) is 2.04. The summed E-state index contributed by atoms with van der Waals surface area (Å²) in [4.78, 5) is 6.69. The van der Waals surface area contributed by atoms with E-state index in [1.54, 1.807) is 0 Å². The van der Waals surface area contributed by atoms with E-state index in [2.05, 4.69) is 22.1 Å². The molecule has 0 saturated carbocycles. The Kier molecular flexibility index (Phi) is 6.27. The first-order chi connectivity index (χ1) is 11.0. The van der Waals surface area contributed by atoms with Crippen molar-refractivity contribution in [1.82, 2.24) is 10.2 Å². The quantitative estimate of drug-likeness (QED) is 0.477. The van der Waals surface area contributed by atoms with Crippen LogP contribution in [0, 0.1) is 17.5 Å². The van der Waals surface area contributed by atoms with E-state index in [0.717, 1.165) is 31.6 Å². The van der Waals surface area contributed by atoms with Gasteiger partial charge in [-0.3, -0.25) is 9.89 Å². The number of nitrogens with two attached hydrogens (primary N) is 1. The van der Waals surface area contributed by atoms with Gasteiger partial charge in [-0.25, -0.2) is 13.2 Å². The minimum atomic E-state index is -1.44. The van der Waals surface area contributed by atoms with Crippen LogP contribution in [0.25, 0.3) is 0 Å². The third kappa shape index (κ3) is 4.86. The molecule has 1 unspecified atom stereocenters. The normalized spacial score (nSPS) is 19.3. The third-order valence-corrected chi connectivity index (χ3v) is 4.14. The first-order valence-electron chi connectivity index (χ1n) is 7.92. The van der Waals surface area contributed by atoms with Gasteiger partial charge in [0.1, 0.15) is 0 Å². The number of halogens is 3. The highest BCUT2D eigenvalue weighted by Crippen LogP contribution is 2.16. The van der Waals surface area contributed by atoms with Gasteiger partial charge in [-0.05, 0) is 50.0 Å². The fraction of sp³-hybridized carbons (Fsp3) is 0.562. The number of aliphatic imine (C=N–C) groups is 1. The predicted molar refractivity (Wildman–Crippen MR) is 84.8 cm³/mol. The molecule has 0 amide bonds. The molecule has 128 valence electrons. The summed E-state index contributed by atoms with van der Waals surface area (Å²) in [5.41, 5.74) is 6.17. The molecule has 3 N–H and O–H groups in total. The largest absolute Gasteiger partial charge is 0.370 e. The highest BCUT2D eigenvalue weighted by Gasteiger charge is 2.22. The zero-order chi connectivity index (χ0) is 16.8. The number of hydrogen-bond donors (Lipinski definition) is 2. The molecule has 0 spiro atoms. The number of guanidine groups is 1. The van der Waals surface area contributed by atoms with E-state index in [-0.39, 0.29) is 0 Å². The van der Waals surface area contributed by atoms with Crippen LogP contribution < -0.4 is 11.1 Å². The van der Waals surface area contributed by atoms with Crippen molar-refractivity contribution in [2.75, 3.05) is 26.2 Å². The van der Waals surface area contributed by atoms with E-state index in [4.69, 9.17) is 5.73 Å². The summed E-state index contributed by atoms with van der Waals surface area (Å²) in [5, 5.41) is 2.91. The monoisotopic (exact) mass is 328 g/mol. The molecule has 2 rings (SSSR count). The molecule has 1 atom stereocenters. The van der Waals surface area contributed by atoms with Gasteiger partial charge in [0.25, 0.3) is 0 Å². The van der Waals surface area contributed by atoms with E-state index < -0.39 is 17.5 Å². The molecule has 4 nitrogen and oxygen atoms in total. The molecule has 7 heteroatoms. The average molecular weight is 328 g/mol. The second-order valence-corrected chi connectivity index (χ2v) is 5.70. The van der Waals surface area contributed by atoms with Crippen molar-refractivity contribution in [3.63, 3.8) is 0 Å². The van der Waals surface area contributed by atoms with Gasteiger partial charge in [0, 0.05) is 12.6 Å². The minimum Gasteiger partial charge on any atom is -0.370 e. The van der Waals surface area contributed by atoms with Crippen molar-refractivity contribution in [2.24, 2.45) is 10.7 Å². The fourth-order valence-electron chi connectivity index (χ4n) is 2.87. The topological polar surface area (TPSA) is 53.6 Å². The second-order valence-electron chi connectivity index (χ2n) is 5.70. The summed E-state index contributed by atoms with van der Waals surface area (Å²) in [7, 11) is 0. The van der Waals surface area contributed by atoms with Crippen LogP contribution in [0.5, 0.6) is 0 Å². The zero-order valence-corrected chi connectivity index (χ0v) is 13.3. The van der Waals surface area contributed by atoms with Crippen molar-refractivity contribution in [3.8, 4) is 0 Å². The van der Waals surface area contributed by atoms with Gasteiger partial charge in [-0.15, -0.1) is 0 Å². The molecule has 1 aromatic carbocycles. The molecule has 1 aliphatic heterocycles. The van der Waals surface area contributed by atoms with E-state index in [9.17, 15) is 13.2 Å². The summed E-state index contributed by atoms with van der Waals surface area (Å²) in [6.45, 7) is 5.26. The maximum atomic E-state index is 13.1. The van der Waals surface area contributed by atoms with Crippen LogP contribution in [0.1, 0.15) is 25.3 Å². The van der Waals surface area contributed by atoms with E-state index in [0.29, 0.717) is 37.1 Å². The number of likely N-dealkylation sites (N-methyl/N-ethyl adjacent to an activating group) is 1. The lowest BCUT2D eigenvalue weighted by molar-refractivity contribution is 0.273. The number of rotatable bonds is 6. The zero-order valence-electron chi connectivity index (χ0n) is 13.3. The van der Waals surface area contributed by atoms with Crippen LogP contribution >= 0.6 is 0 Å². The highest BCUT2D eigenvalue weighted by molar-refractivity contribution is 5.77. The van der Waals surface area contributed by atoms with Crippen molar-refractivity contribution in [3.05, 3.63) is 35.1 Å². The Morgan fingerprint density at radius 1 is 1.35 bits per heavy atom. The van der Waals surface area contributed by atoms with Gasteiger partial charge in [0.15, 0.2) is 23.4 Å². The molecule has 1 saturated heterocycles. The van der Waals surface area contributed by atoms with Gasteiger partial charge in [-0.2, -0.15) is 0 Å². The molecular weight excluding hydrogens is 305 g/mol. The SMILES string of the molecule is CCN1CCCC1CN=C(N)NCCc1cc(F)c(F)c(F)c1. The highest BCUT2D eigenvalue weighted by atomic mass is 19.2. The van der Waals surface area contributed by atoms with Crippen molar-refractivity contribution in [2.45, 2.75) is 32.2 Å². The lowest BCUT2D eigenvalue weighted by atomic mass is 10.1. The van der Waals surface area contributed by atoms with E-state index in [1.165, 1.54) is 6.42 Å². The molecular formula is C16H23F3N4. The molecule has 0 aliphatic carbocycles. The second kappa shape index (κ2) is 8.19. The molecule has 0 bridgehead atoms. The summed E-state index contributed by atoms with van der Waals surface area (Å²) in [6.07, 6.45) is 2.64. The number of nitrogens with one attached hydrogen (secondary N) is 1. The van der Waals surface area contributed by atoms with E-state index >= 15 is 0 Å². The van der Waals surface area contributed by atoms with Gasteiger partial charge >= 0.3 is 0 Å². The number of likely N-dealkylation sites (tertiary alicyclic amines) is 1. The number of nitrogens with zero attached hydrogens (tertiary/aromatic N) is 2. The van der Waals surface area contributed by atoms with Gasteiger partial charge < -0.3 is 11.1 Å². The van der Waals surface area contributed by atoms with Crippen LogP contribution in [0.15, 0.2) is 17.1 Å². The maximum absolute atomic E-state index is 13.1. The molecule has 1 fully saturated rings. The smallest absolute Gasteiger partial charge is 0.194 e. The minimum absolute atomic E-state index is 0.316. The summed E-state index contributed by atoms with van der Waals surface area (Å²) >= 11 is 0. The molecule has 0 aromatic heterocycles. The van der Waals surface area contributed by atoms with Gasteiger partial charge in [0.2, 0.25) is 0 Å². The van der Waals surface area contributed by atoms with Crippen LogP contribution in [0.4, 0.5) is 13.2 Å². The third-order valence-electron chi connectivity index (χ3n) is 4.14. The number of benzene rings is 1. The molecule has 0 radical (unpaired) electrons. The van der Waals surface area contributed by atoms with Gasteiger partial charge in [0.05, 0.1) is 6.54 Å². The molecule has 1 aromatic rings. The van der Waals surface area contributed by atoms with Crippen molar-refractivity contribution in [1.29, 1.82) is 0 Å². The van der Waals surface area contributed by atoms with Crippen molar-refractivity contribution < 1.29 is 13.2 Å². The summed E-state index contributed by atoms with van der Waals surface area (Å²) in [6, 6.07) is 2.41. The fourth-order valence-corrected chi connectivity index (χ4v) is 2.87. The first kappa shape index (κ1) is 17.6. The standard InChI is InChI=1S/C16H23F3N4/c1-2-23-7-3-4-12(23)10-22-16(20)21-6-5-11-8-13(17)15(19)14(18)9-11/h8-9,12H,2-7,10H2,1H3,(H3,20,21,22). The number of hydrogen-bond acceptors (Lipinski definition) is 2. The average Bonchev–Trinajstić information content (AvgIpc) is 2.98. The van der Waals surface area contributed by atoms with Crippen LogP contribution in [-0.2, 0) is 6.42 Å². The van der Waals surface area contributed by atoms with Crippen LogP contribution in [0.2, 0.25) is 0 Å². The van der Waals surface area contributed by atoms with Crippen molar-refractivity contribution >= 4 is 5.96 Å². The van der Waals surface area contributed by atoms with Crippen LogP contribution in [0.3, 0.4) is 0 Å². The Morgan fingerprint density at radius 3 is 2.70 bits per heavy atom. The Bertz CT molecular complexity index is 539. The molecule has 1 heterocycles. The lowest BCUT2D eigenvalue weighted by Crippen LogP contribution is -2.36. The Balaban J connectivity index is 1.78. The Morgan fingerprint density at radius 2 is 2.04 bits per heavy atom. The van der Waals surface area contributed by atoms with E-state index in [1.807, 2.05) is 0 Å². The molecule has 23 heavy (non-hydrogen) atoms. The maximum Gasteiger partial charge on any atom is 0.194 e. The van der Waals surface area contributed by atoms with Gasteiger partial charge in [-0.1, -0.05) is 6.92 Å². The summed E-state index contributed by atoms with van der Waals surface area (Å²) < 4.78 is 39.1. The lowest BCUT2D eigenvalue weighted by Gasteiger charge is -2.20. The van der Waals surface area contributed by atoms with Crippen LogP contribution in [-0.4, -0.2) is 43.1 Å². The summed E-state index contributed by atoms with van der Waals surface area (Å²) in [5.74, 6) is -3.49. The Hall–Kier alpha value is -1.76. The first-order valence-corrected chi connectivity index (χ1v) is 7.92.